The number of piperidine rings is 1. The van der Waals surface area contributed by atoms with E-state index in [-0.39, 0.29) is 6.04 Å². The van der Waals surface area contributed by atoms with Gasteiger partial charge in [0.25, 0.3) is 0 Å². The maximum Gasteiger partial charge on any atom is 0.240 e. The fourth-order valence-corrected chi connectivity index (χ4v) is 6.80. The lowest BCUT2D eigenvalue weighted by Gasteiger charge is -2.35. The highest BCUT2D eigenvalue weighted by atomic mass is 32.2. The van der Waals surface area contributed by atoms with Gasteiger partial charge in [0, 0.05) is 42.6 Å². The second-order valence-electron chi connectivity index (χ2n) is 9.80. The van der Waals surface area contributed by atoms with Crippen LogP contribution >= 0.6 is 11.8 Å². The van der Waals surface area contributed by atoms with E-state index in [4.69, 9.17) is 9.72 Å². The molecule has 3 aromatic rings. The van der Waals surface area contributed by atoms with Gasteiger partial charge in [0.1, 0.15) is 11.6 Å². The average Bonchev–Trinajstić information content (AvgIpc) is 3.68. The van der Waals surface area contributed by atoms with Crippen molar-refractivity contribution in [3.05, 3.63) is 54.4 Å². The van der Waals surface area contributed by atoms with E-state index in [1.165, 1.54) is 0 Å². The van der Waals surface area contributed by atoms with Crippen LogP contribution in [-0.4, -0.2) is 82.3 Å². The summed E-state index contributed by atoms with van der Waals surface area (Å²) in [6, 6.07) is 17.1. The number of para-hydroxylation sites is 1. The number of nitrogens with zero attached hydrogens (tertiary/aromatic N) is 4. The molecule has 0 saturated carbocycles. The van der Waals surface area contributed by atoms with Crippen molar-refractivity contribution in [3.8, 4) is 11.4 Å². The Bertz CT molecular complexity index is 1190. The molecule has 35 heavy (non-hydrogen) atoms. The largest absolute Gasteiger partial charge is 0.497 e. The van der Waals surface area contributed by atoms with E-state index in [0.717, 1.165) is 85.4 Å². The fraction of sp³-hybridized carbons (Fsp3) is 0.481. The maximum absolute atomic E-state index is 12.8. The standard InChI is InChI=1S/C27H33N5O2S/c1-34-22-7-8-25-23(16-22)29-26(32(25)20-5-3-2-4-6-20)19-9-11-30(12-10-19)21-15-24(28-17-21)27(33)31-13-14-35-18-31/h2-8,16,19,21,24,28H,9-15,17-18H2,1H3/t21-,24-/m0/s1. The molecule has 3 fully saturated rings. The number of hydrogen-bond donors (Lipinski definition) is 1. The summed E-state index contributed by atoms with van der Waals surface area (Å²) in [5.41, 5.74) is 3.25. The molecule has 184 valence electrons. The number of nitrogens with one attached hydrogen (secondary N) is 1. The Balaban J connectivity index is 1.18. The average molecular weight is 492 g/mol. The SMILES string of the molecule is COc1ccc2c(c1)nc(C1CCN([C@@H]3CN[C@H](C(=O)N4CCSC4)C3)CC1)n2-c1ccccc1. The van der Waals surface area contributed by atoms with Crippen LogP contribution in [0.25, 0.3) is 16.7 Å². The number of fused-ring (bicyclic) bond motifs is 1. The van der Waals surface area contributed by atoms with Gasteiger partial charge in [-0.2, -0.15) is 0 Å². The fourth-order valence-electron chi connectivity index (χ4n) is 5.84. The Morgan fingerprint density at radius 3 is 2.69 bits per heavy atom. The van der Waals surface area contributed by atoms with E-state index < -0.39 is 0 Å². The highest BCUT2D eigenvalue weighted by Crippen LogP contribution is 2.35. The topological polar surface area (TPSA) is 62.6 Å². The molecule has 0 unspecified atom stereocenters. The second-order valence-corrected chi connectivity index (χ2v) is 10.9. The minimum Gasteiger partial charge on any atom is -0.497 e. The number of benzene rings is 2. The Hall–Kier alpha value is -2.55. The van der Waals surface area contributed by atoms with Crippen molar-refractivity contribution in [2.24, 2.45) is 0 Å². The van der Waals surface area contributed by atoms with Gasteiger partial charge in [-0.15, -0.1) is 11.8 Å². The smallest absolute Gasteiger partial charge is 0.240 e. The number of hydrogen-bond acceptors (Lipinski definition) is 6. The Morgan fingerprint density at radius 2 is 1.94 bits per heavy atom. The number of likely N-dealkylation sites (tertiary alicyclic amines) is 1. The summed E-state index contributed by atoms with van der Waals surface area (Å²) in [4.78, 5) is 22.6. The van der Waals surface area contributed by atoms with Gasteiger partial charge in [0.2, 0.25) is 5.91 Å². The van der Waals surface area contributed by atoms with Crippen molar-refractivity contribution >= 4 is 28.7 Å². The number of imidazole rings is 1. The first-order valence-corrected chi connectivity index (χ1v) is 13.8. The van der Waals surface area contributed by atoms with Crippen LogP contribution in [-0.2, 0) is 4.79 Å². The third-order valence-electron chi connectivity index (χ3n) is 7.78. The lowest BCUT2D eigenvalue weighted by Crippen LogP contribution is -2.42. The number of thioether (sulfide) groups is 1. The lowest BCUT2D eigenvalue weighted by atomic mass is 9.94. The molecule has 2 aromatic carbocycles. The van der Waals surface area contributed by atoms with Crippen LogP contribution < -0.4 is 10.1 Å². The molecular weight excluding hydrogens is 458 g/mol. The summed E-state index contributed by atoms with van der Waals surface area (Å²) in [6.45, 7) is 3.88. The van der Waals surface area contributed by atoms with Crippen molar-refractivity contribution in [1.29, 1.82) is 0 Å². The second kappa shape index (κ2) is 9.84. The molecule has 3 aliphatic rings. The van der Waals surface area contributed by atoms with Crippen LogP contribution in [0.2, 0.25) is 0 Å². The molecule has 8 heteroatoms. The first-order chi connectivity index (χ1) is 17.2. The zero-order chi connectivity index (χ0) is 23.8. The van der Waals surface area contributed by atoms with Gasteiger partial charge in [-0.3, -0.25) is 14.3 Å². The van der Waals surface area contributed by atoms with Crippen LogP contribution in [0.5, 0.6) is 5.75 Å². The van der Waals surface area contributed by atoms with E-state index >= 15 is 0 Å². The Kier molecular flexibility index (Phi) is 6.43. The Morgan fingerprint density at radius 1 is 1.11 bits per heavy atom. The zero-order valence-electron chi connectivity index (χ0n) is 20.2. The molecule has 6 rings (SSSR count). The molecule has 1 aromatic heterocycles. The molecule has 3 saturated heterocycles. The third-order valence-corrected chi connectivity index (χ3v) is 8.75. The number of carbonyl (C=O) groups is 1. The molecule has 1 N–H and O–H groups in total. The van der Waals surface area contributed by atoms with E-state index in [1.54, 1.807) is 7.11 Å². The van der Waals surface area contributed by atoms with Gasteiger partial charge in [0.15, 0.2) is 0 Å². The van der Waals surface area contributed by atoms with E-state index in [9.17, 15) is 4.79 Å². The molecule has 2 atom stereocenters. The van der Waals surface area contributed by atoms with Gasteiger partial charge in [-0.05, 0) is 56.6 Å². The highest BCUT2D eigenvalue weighted by Gasteiger charge is 2.37. The maximum atomic E-state index is 12.8. The molecule has 0 radical (unpaired) electrons. The van der Waals surface area contributed by atoms with Crippen molar-refractivity contribution in [1.82, 2.24) is 24.7 Å². The number of methoxy groups -OCH3 is 1. The molecule has 0 spiro atoms. The summed E-state index contributed by atoms with van der Waals surface area (Å²) < 4.78 is 7.79. The molecule has 1 amide bonds. The highest BCUT2D eigenvalue weighted by molar-refractivity contribution is 7.99. The predicted molar refractivity (Wildman–Crippen MR) is 140 cm³/mol. The summed E-state index contributed by atoms with van der Waals surface area (Å²) in [5.74, 6) is 4.58. The van der Waals surface area contributed by atoms with Gasteiger partial charge < -0.3 is 15.0 Å². The van der Waals surface area contributed by atoms with Crippen molar-refractivity contribution in [2.45, 2.75) is 37.3 Å². The van der Waals surface area contributed by atoms with E-state index in [2.05, 4.69) is 51.2 Å². The van der Waals surface area contributed by atoms with Crippen molar-refractivity contribution < 1.29 is 9.53 Å². The summed E-state index contributed by atoms with van der Waals surface area (Å²) >= 11 is 1.85. The molecule has 0 bridgehead atoms. The molecule has 4 heterocycles. The Labute approximate surface area is 210 Å². The first kappa shape index (κ1) is 22.9. The van der Waals surface area contributed by atoms with Gasteiger partial charge in [-0.25, -0.2) is 4.98 Å². The van der Waals surface area contributed by atoms with E-state index in [1.807, 2.05) is 28.8 Å². The normalized spacial score (nSPS) is 23.9. The molecule has 0 aliphatic carbocycles. The van der Waals surface area contributed by atoms with Crippen molar-refractivity contribution in [2.75, 3.05) is 44.9 Å². The quantitative estimate of drug-likeness (QED) is 0.590. The third kappa shape index (κ3) is 4.43. The minimum atomic E-state index is -0.0197. The zero-order valence-corrected chi connectivity index (χ0v) is 21.0. The lowest BCUT2D eigenvalue weighted by molar-refractivity contribution is -0.131. The van der Waals surface area contributed by atoms with Crippen molar-refractivity contribution in [3.63, 3.8) is 0 Å². The van der Waals surface area contributed by atoms with Gasteiger partial charge in [-0.1, -0.05) is 18.2 Å². The monoisotopic (exact) mass is 491 g/mol. The predicted octanol–water partition coefficient (Wildman–Crippen LogP) is 3.48. The van der Waals surface area contributed by atoms with Gasteiger partial charge in [0.05, 0.1) is 30.1 Å². The van der Waals surface area contributed by atoms with Crippen LogP contribution in [0.3, 0.4) is 0 Å². The summed E-state index contributed by atoms with van der Waals surface area (Å²) in [5, 5.41) is 3.51. The van der Waals surface area contributed by atoms with E-state index in [0.29, 0.717) is 17.9 Å². The molecule has 3 aliphatic heterocycles. The molecular formula is C27H33N5O2S. The van der Waals surface area contributed by atoms with Crippen LogP contribution in [0, 0.1) is 0 Å². The molecule has 7 nitrogen and oxygen atoms in total. The summed E-state index contributed by atoms with van der Waals surface area (Å²) in [6.07, 6.45) is 3.07. The van der Waals surface area contributed by atoms with Crippen LogP contribution in [0.15, 0.2) is 48.5 Å². The minimum absolute atomic E-state index is 0.0197. The number of rotatable bonds is 5. The number of amides is 1. The van der Waals surface area contributed by atoms with Crippen LogP contribution in [0.4, 0.5) is 0 Å². The summed E-state index contributed by atoms with van der Waals surface area (Å²) in [7, 11) is 1.70. The number of aromatic nitrogens is 2. The van der Waals surface area contributed by atoms with Gasteiger partial charge >= 0.3 is 0 Å². The van der Waals surface area contributed by atoms with Crippen LogP contribution in [0.1, 0.15) is 31.0 Å². The number of ether oxygens (including phenoxy) is 1. The first-order valence-electron chi connectivity index (χ1n) is 12.7. The number of carbonyl (C=O) groups excluding carboxylic acids is 1.